The van der Waals surface area contributed by atoms with Gasteiger partial charge in [0.05, 0.1) is 0 Å². The zero-order valence-electron chi connectivity index (χ0n) is 11.2. The van der Waals surface area contributed by atoms with Gasteiger partial charge in [0.1, 0.15) is 0 Å². The molecular weight excluding hydrogens is 256 g/mol. The highest BCUT2D eigenvalue weighted by molar-refractivity contribution is 6.31. The van der Waals surface area contributed by atoms with Gasteiger partial charge in [0.25, 0.3) is 0 Å². The molecule has 19 heavy (non-hydrogen) atoms. The third kappa shape index (κ3) is 1.81. The number of aromatic nitrogens is 1. The number of fused-ring (bicyclic) bond motifs is 4. The normalized spacial score (nSPS) is 30.1. The van der Waals surface area contributed by atoms with Gasteiger partial charge in [-0.3, -0.25) is 0 Å². The Morgan fingerprint density at radius 2 is 2.05 bits per heavy atom. The van der Waals surface area contributed by atoms with Crippen LogP contribution in [0.3, 0.4) is 0 Å². The van der Waals surface area contributed by atoms with E-state index in [-0.39, 0.29) is 0 Å². The molecule has 0 amide bonds. The number of nitrogens with zero attached hydrogens (tertiary/aromatic N) is 1. The molecule has 0 spiro atoms. The maximum Gasteiger partial charge on any atom is 0.0460 e. The van der Waals surface area contributed by atoms with Gasteiger partial charge in [0.2, 0.25) is 0 Å². The van der Waals surface area contributed by atoms with Gasteiger partial charge in [-0.05, 0) is 62.5 Å². The molecule has 1 aromatic heterocycles. The maximum atomic E-state index is 6.19. The number of aromatic amines is 1. The summed E-state index contributed by atoms with van der Waals surface area (Å²) in [5, 5.41) is 2.18. The molecule has 3 aliphatic rings. The summed E-state index contributed by atoms with van der Waals surface area (Å²) in [5.74, 6) is 1.55. The summed E-state index contributed by atoms with van der Waals surface area (Å²) in [4.78, 5) is 6.15. The molecule has 3 saturated heterocycles. The Balaban J connectivity index is 1.86. The molecule has 1 aromatic carbocycles. The zero-order chi connectivity index (χ0) is 13.0. The molecule has 3 aliphatic heterocycles. The van der Waals surface area contributed by atoms with Gasteiger partial charge >= 0.3 is 0 Å². The molecular formula is C16H19ClN2. The molecule has 2 aromatic rings. The van der Waals surface area contributed by atoms with Gasteiger partial charge in [-0.2, -0.15) is 0 Å². The lowest BCUT2D eigenvalue weighted by atomic mass is 9.75. The van der Waals surface area contributed by atoms with Crippen LogP contribution in [0.25, 0.3) is 10.9 Å². The van der Waals surface area contributed by atoms with Gasteiger partial charge < -0.3 is 9.88 Å². The number of aryl methyl sites for hydroxylation is 1. The minimum absolute atomic E-state index is 0.690. The van der Waals surface area contributed by atoms with Crippen molar-refractivity contribution in [3.8, 4) is 0 Å². The van der Waals surface area contributed by atoms with Crippen LogP contribution in [-0.4, -0.2) is 29.5 Å². The predicted octanol–water partition coefficient (Wildman–Crippen LogP) is 3.94. The van der Waals surface area contributed by atoms with Crippen LogP contribution in [0.1, 0.15) is 30.0 Å². The molecule has 0 saturated carbocycles. The zero-order valence-corrected chi connectivity index (χ0v) is 12.0. The topological polar surface area (TPSA) is 19.0 Å². The average molecular weight is 275 g/mol. The molecule has 0 radical (unpaired) electrons. The summed E-state index contributed by atoms with van der Waals surface area (Å²) in [6.45, 7) is 6.03. The molecule has 100 valence electrons. The Morgan fingerprint density at radius 3 is 2.74 bits per heavy atom. The maximum absolute atomic E-state index is 6.19. The molecule has 2 bridgehead atoms. The quantitative estimate of drug-likeness (QED) is 0.835. The Labute approximate surface area is 118 Å². The fraction of sp³-hybridized carbons (Fsp3) is 0.500. The monoisotopic (exact) mass is 274 g/mol. The summed E-state index contributed by atoms with van der Waals surface area (Å²) in [5.41, 5.74) is 4.08. The van der Waals surface area contributed by atoms with Crippen molar-refractivity contribution in [3.63, 3.8) is 0 Å². The highest BCUT2D eigenvalue weighted by Crippen LogP contribution is 2.43. The van der Waals surface area contributed by atoms with Crippen molar-refractivity contribution in [1.29, 1.82) is 0 Å². The fourth-order valence-corrected chi connectivity index (χ4v) is 4.26. The van der Waals surface area contributed by atoms with Gasteiger partial charge in [-0.1, -0.05) is 11.6 Å². The first kappa shape index (κ1) is 11.8. The van der Waals surface area contributed by atoms with E-state index in [4.69, 9.17) is 11.6 Å². The van der Waals surface area contributed by atoms with Crippen molar-refractivity contribution in [2.24, 2.45) is 5.92 Å². The van der Waals surface area contributed by atoms with Gasteiger partial charge in [0, 0.05) is 34.1 Å². The Hall–Kier alpha value is -0.990. The van der Waals surface area contributed by atoms with Gasteiger partial charge in [-0.25, -0.2) is 0 Å². The summed E-state index contributed by atoms with van der Waals surface area (Å²) in [6, 6.07) is 6.21. The second-order valence-corrected chi connectivity index (χ2v) is 6.53. The minimum atomic E-state index is 0.690. The number of H-pyrrole nitrogens is 1. The molecule has 1 atom stereocenters. The molecule has 3 fully saturated rings. The van der Waals surface area contributed by atoms with Gasteiger partial charge in [-0.15, -0.1) is 0 Å². The van der Waals surface area contributed by atoms with E-state index < -0.39 is 0 Å². The second kappa shape index (κ2) is 4.26. The van der Waals surface area contributed by atoms with E-state index in [1.165, 1.54) is 54.6 Å². The lowest BCUT2D eigenvalue weighted by Crippen LogP contribution is -2.46. The van der Waals surface area contributed by atoms with Crippen LogP contribution < -0.4 is 0 Å². The van der Waals surface area contributed by atoms with E-state index in [1.54, 1.807) is 0 Å². The lowest BCUT2D eigenvalue weighted by molar-refractivity contribution is 0.0874. The number of hydrogen-bond acceptors (Lipinski definition) is 1. The van der Waals surface area contributed by atoms with Crippen LogP contribution >= 0.6 is 11.6 Å². The van der Waals surface area contributed by atoms with E-state index in [2.05, 4.69) is 28.9 Å². The number of hydrogen-bond donors (Lipinski definition) is 1. The molecule has 4 heterocycles. The van der Waals surface area contributed by atoms with E-state index in [0.29, 0.717) is 5.92 Å². The number of rotatable bonds is 1. The largest absolute Gasteiger partial charge is 0.358 e. The van der Waals surface area contributed by atoms with E-state index in [9.17, 15) is 0 Å². The second-order valence-electron chi connectivity index (χ2n) is 6.10. The van der Waals surface area contributed by atoms with Gasteiger partial charge in [0.15, 0.2) is 0 Å². The number of nitrogens with one attached hydrogen (secondary N) is 1. The predicted molar refractivity (Wildman–Crippen MR) is 80.0 cm³/mol. The lowest BCUT2D eigenvalue weighted by Gasteiger charge is -2.45. The highest BCUT2D eigenvalue weighted by atomic mass is 35.5. The first-order chi connectivity index (χ1) is 9.22. The number of halogens is 1. The van der Waals surface area contributed by atoms with Crippen molar-refractivity contribution in [2.45, 2.75) is 25.7 Å². The molecule has 5 rings (SSSR count). The first-order valence-corrected chi connectivity index (χ1v) is 7.60. The van der Waals surface area contributed by atoms with Crippen molar-refractivity contribution in [1.82, 2.24) is 9.88 Å². The molecule has 0 aliphatic carbocycles. The summed E-state index contributed by atoms with van der Waals surface area (Å²) in [7, 11) is 0. The first-order valence-electron chi connectivity index (χ1n) is 7.22. The van der Waals surface area contributed by atoms with E-state index in [1.807, 2.05) is 6.07 Å². The third-order valence-corrected chi connectivity index (χ3v) is 5.26. The Bertz CT molecular complexity index is 623. The summed E-state index contributed by atoms with van der Waals surface area (Å²) >= 11 is 6.19. The average Bonchev–Trinajstić information content (AvgIpc) is 2.75. The summed E-state index contributed by atoms with van der Waals surface area (Å²) in [6.07, 6.45) is 2.72. The Kier molecular flexibility index (Phi) is 2.64. The van der Waals surface area contributed by atoms with Crippen molar-refractivity contribution in [2.75, 3.05) is 19.6 Å². The molecule has 3 heteroatoms. The van der Waals surface area contributed by atoms with Crippen LogP contribution in [0.15, 0.2) is 18.2 Å². The van der Waals surface area contributed by atoms with Crippen LogP contribution in [0.5, 0.6) is 0 Å². The van der Waals surface area contributed by atoms with Crippen LogP contribution in [0.2, 0.25) is 5.02 Å². The Morgan fingerprint density at radius 1 is 1.26 bits per heavy atom. The third-order valence-electron chi connectivity index (χ3n) is 5.02. The minimum Gasteiger partial charge on any atom is -0.358 e. The molecule has 1 unspecified atom stereocenters. The van der Waals surface area contributed by atoms with Crippen LogP contribution in [-0.2, 0) is 0 Å². The van der Waals surface area contributed by atoms with Crippen molar-refractivity contribution >= 4 is 22.5 Å². The van der Waals surface area contributed by atoms with Crippen molar-refractivity contribution < 1.29 is 0 Å². The van der Waals surface area contributed by atoms with Crippen LogP contribution in [0, 0.1) is 12.8 Å². The van der Waals surface area contributed by atoms with Crippen LogP contribution in [0.4, 0.5) is 0 Å². The number of piperidine rings is 3. The SMILES string of the molecule is Cc1[nH]c2ccc(Cl)cc2c1C1CN2CCC1CC2. The standard InChI is InChI=1S/C16H19ClN2/c1-10-16(13-8-12(17)2-3-15(13)18-10)14-9-19-6-4-11(14)5-7-19/h2-3,8,11,14,18H,4-7,9H2,1H3. The highest BCUT2D eigenvalue weighted by Gasteiger charge is 2.36. The van der Waals surface area contributed by atoms with E-state index in [0.717, 1.165) is 10.9 Å². The van der Waals surface area contributed by atoms with Crippen molar-refractivity contribution in [3.05, 3.63) is 34.5 Å². The smallest absolute Gasteiger partial charge is 0.0460 e. The number of benzene rings is 1. The fourth-order valence-electron chi connectivity index (χ4n) is 4.09. The van der Waals surface area contributed by atoms with E-state index >= 15 is 0 Å². The molecule has 2 nitrogen and oxygen atoms in total. The summed E-state index contributed by atoms with van der Waals surface area (Å²) < 4.78 is 0. The molecule has 1 N–H and O–H groups in total.